The number of amides is 1. The second-order valence-electron chi connectivity index (χ2n) is 9.67. The van der Waals surface area contributed by atoms with Crippen LogP contribution >= 0.6 is 0 Å². The van der Waals surface area contributed by atoms with Gasteiger partial charge in [0.1, 0.15) is 0 Å². The minimum atomic E-state index is -0.396. The van der Waals surface area contributed by atoms with Gasteiger partial charge in [-0.05, 0) is 42.8 Å². The summed E-state index contributed by atoms with van der Waals surface area (Å²) in [5.41, 5.74) is 4.80. The van der Waals surface area contributed by atoms with Gasteiger partial charge in [0.25, 0.3) is 5.56 Å². The number of aliphatic hydroxyl groups excluding tert-OH is 1. The van der Waals surface area contributed by atoms with Crippen molar-refractivity contribution < 1.29 is 9.90 Å². The van der Waals surface area contributed by atoms with Crippen LogP contribution in [0.2, 0.25) is 0 Å². The number of aromatic nitrogens is 2. The Morgan fingerprint density at radius 3 is 2.71 bits per heavy atom. The maximum absolute atomic E-state index is 13.7. The molecule has 1 aromatic carbocycles. The van der Waals surface area contributed by atoms with E-state index in [1.807, 2.05) is 52.9 Å². The highest BCUT2D eigenvalue weighted by Crippen LogP contribution is 2.48. The Labute approximate surface area is 198 Å². The molecule has 174 valence electrons. The van der Waals surface area contributed by atoms with Gasteiger partial charge >= 0.3 is 0 Å². The lowest BCUT2D eigenvalue weighted by Crippen LogP contribution is -2.50. The summed E-state index contributed by atoms with van der Waals surface area (Å²) in [4.78, 5) is 35.3. The molecule has 7 nitrogen and oxygen atoms in total. The number of hydrogen-bond donors (Lipinski definition) is 1. The average molecular weight is 457 g/mol. The van der Waals surface area contributed by atoms with Crippen molar-refractivity contribution in [1.29, 1.82) is 0 Å². The fourth-order valence-electron chi connectivity index (χ4n) is 6.36. The molecular formula is C27H28N4O3. The average Bonchev–Trinajstić information content (AvgIpc) is 3.39. The van der Waals surface area contributed by atoms with Crippen molar-refractivity contribution in [3.8, 4) is 11.1 Å². The molecule has 0 radical (unpaired) electrons. The number of pyridine rings is 2. The lowest BCUT2D eigenvalue weighted by molar-refractivity contribution is -0.138. The second-order valence-corrected chi connectivity index (χ2v) is 9.67. The molecule has 5 heterocycles. The van der Waals surface area contributed by atoms with E-state index < -0.39 is 6.04 Å². The van der Waals surface area contributed by atoms with Crippen molar-refractivity contribution >= 4 is 5.91 Å². The lowest BCUT2D eigenvalue weighted by atomic mass is 9.87. The monoisotopic (exact) mass is 456 g/mol. The molecule has 1 amide bonds. The number of likely N-dealkylation sites (tertiary alicyclic amines) is 1. The van der Waals surface area contributed by atoms with Crippen molar-refractivity contribution in [2.24, 2.45) is 11.8 Å². The Morgan fingerprint density at radius 2 is 1.94 bits per heavy atom. The Bertz CT molecular complexity index is 1300. The number of carbonyl (C=O) groups is 1. The summed E-state index contributed by atoms with van der Waals surface area (Å²) in [6.07, 6.45) is 4.25. The zero-order valence-corrected chi connectivity index (χ0v) is 19.2. The number of rotatable bonds is 3. The van der Waals surface area contributed by atoms with Crippen LogP contribution in [0.5, 0.6) is 0 Å². The van der Waals surface area contributed by atoms with E-state index in [9.17, 15) is 14.7 Å². The van der Waals surface area contributed by atoms with Gasteiger partial charge in [0.2, 0.25) is 5.91 Å². The van der Waals surface area contributed by atoms with Crippen LogP contribution in [-0.4, -0.2) is 56.6 Å². The summed E-state index contributed by atoms with van der Waals surface area (Å²) in [6, 6.07) is 15.4. The smallest absolute Gasteiger partial charge is 0.258 e. The van der Waals surface area contributed by atoms with Crippen molar-refractivity contribution in [3.63, 3.8) is 0 Å². The van der Waals surface area contributed by atoms with Crippen molar-refractivity contribution in [3.05, 3.63) is 88.1 Å². The van der Waals surface area contributed by atoms with Crippen LogP contribution in [0.1, 0.15) is 22.9 Å². The molecule has 3 aliphatic heterocycles. The number of fused-ring (bicyclic) bond motifs is 4. The Hall–Kier alpha value is -3.29. The van der Waals surface area contributed by atoms with E-state index in [4.69, 9.17) is 0 Å². The topological polar surface area (TPSA) is 78.7 Å². The molecule has 1 N–H and O–H groups in total. The lowest BCUT2D eigenvalue weighted by Gasteiger charge is -2.35. The standard InChI is InChI=1S/C27H28N4O3/c1-29-24-21(15-31-23(24)9-8-20(26(31)33)18-7-4-11-28-13-18)22(16-32)25(29)27(34)30-12-10-17-5-2-3-6-19(17)14-30/h2-9,11,13,21-22,24-25,32H,10,12,14-16H2,1H3/t21-,22-,24+,25-/m1/s1. The molecule has 0 spiro atoms. The van der Waals surface area contributed by atoms with Crippen LogP contribution < -0.4 is 5.56 Å². The van der Waals surface area contributed by atoms with Gasteiger partial charge < -0.3 is 14.6 Å². The van der Waals surface area contributed by atoms with Gasteiger partial charge in [-0.2, -0.15) is 0 Å². The first-order valence-corrected chi connectivity index (χ1v) is 11.9. The van der Waals surface area contributed by atoms with E-state index in [2.05, 4.69) is 22.0 Å². The van der Waals surface area contributed by atoms with Gasteiger partial charge in [-0.15, -0.1) is 0 Å². The van der Waals surface area contributed by atoms with Crippen LogP contribution in [0.4, 0.5) is 0 Å². The molecule has 34 heavy (non-hydrogen) atoms. The van der Waals surface area contributed by atoms with Crippen molar-refractivity contribution in [2.75, 3.05) is 20.2 Å². The first kappa shape index (κ1) is 21.3. The first-order valence-electron chi connectivity index (χ1n) is 11.9. The van der Waals surface area contributed by atoms with E-state index in [-0.39, 0.29) is 36.0 Å². The molecule has 7 heteroatoms. The number of aliphatic hydroxyl groups is 1. The summed E-state index contributed by atoms with van der Waals surface area (Å²) >= 11 is 0. The molecule has 6 rings (SSSR count). The SMILES string of the molecule is CN1[C@@H]2c3ccc(-c4cccnc4)c(=O)n3C[C@@H]2[C@@H](CO)[C@@H]1C(=O)N1CCc2ccccc2C1. The van der Waals surface area contributed by atoms with Crippen LogP contribution in [0.3, 0.4) is 0 Å². The van der Waals surface area contributed by atoms with Crippen LogP contribution in [-0.2, 0) is 24.3 Å². The predicted molar refractivity (Wildman–Crippen MR) is 128 cm³/mol. The molecule has 0 aliphatic carbocycles. The van der Waals surface area contributed by atoms with Gasteiger partial charge in [0.05, 0.1) is 12.1 Å². The summed E-state index contributed by atoms with van der Waals surface area (Å²) in [5.74, 6) is -0.134. The maximum Gasteiger partial charge on any atom is 0.258 e. The molecule has 1 saturated heterocycles. The van der Waals surface area contributed by atoms with Crippen LogP contribution in [0.25, 0.3) is 11.1 Å². The highest BCUT2D eigenvalue weighted by Gasteiger charge is 2.55. The van der Waals surface area contributed by atoms with Gasteiger partial charge in [0, 0.05) is 67.3 Å². The van der Waals surface area contributed by atoms with Gasteiger partial charge in [-0.25, -0.2) is 0 Å². The summed E-state index contributed by atoms with van der Waals surface area (Å²) in [6.45, 7) is 1.73. The summed E-state index contributed by atoms with van der Waals surface area (Å²) in [5, 5.41) is 10.4. The maximum atomic E-state index is 13.7. The number of carbonyl (C=O) groups excluding carboxylic acids is 1. The summed E-state index contributed by atoms with van der Waals surface area (Å²) in [7, 11) is 1.96. The second kappa shape index (κ2) is 8.18. The molecular weight excluding hydrogens is 428 g/mol. The Balaban J connectivity index is 1.31. The minimum absolute atomic E-state index is 0.0119. The molecule has 4 atom stereocenters. The van der Waals surface area contributed by atoms with Gasteiger partial charge in [-0.3, -0.25) is 19.5 Å². The fraction of sp³-hybridized carbons (Fsp3) is 0.370. The third kappa shape index (κ3) is 3.15. The molecule has 3 aliphatic rings. The number of hydrogen-bond acceptors (Lipinski definition) is 5. The third-order valence-corrected chi connectivity index (χ3v) is 8.02. The quantitative estimate of drug-likeness (QED) is 0.653. The number of benzene rings is 1. The number of likely N-dealkylation sites (N-methyl/N-ethyl adjacent to an activating group) is 1. The van der Waals surface area contributed by atoms with Crippen LogP contribution in [0, 0.1) is 11.8 Å². The first-order chi connectivity index (χ1) is 16.6. The number of nitrogens with zero attached hydrogens (tertiary/aromatic N) is 4. The Morgan fingerprint density at radius 1 is 1.12 bits per heavy atom. The zero-order valence-electron chi connectivity index (χ0n) is 19.2. The van der Waals surface area contributed by atoms with Gasteiger partial charge in [0.15, 0.2) is 0 Å². The highest BCUT2D eigenvalue weighted by atomic mass is 16.3. The molecule has 0 saturated carbocycles. The molecule has 0 unspecified atom stereocenters. The van der Waals surface area contributed by atoms with E-state index >= 15 is 0 Å². The van der Waals surface area contributed by atoms with E-state index in [0.717, 1.165) is 17.7 Å². The molecule has 0 bridgehead atoms. The zero-order chi connectivity index (χ0) is 23.4. The Kier molecular flexibility index (Phi) is 5.12. The molecule has 1 fully saturated rings. The van der Waals surface area contributed by atoms with Gasteiger partial charge in [-0.1, -0.05) is 30.3 Å². The third-order valence-electron chi connectivity index (χ3n) is 8.02. The van der Waals surface area contributed by atoms with Crippen molar-refractivity contribution in [1.82, 2.24) is 19.4 Å². The van der Waals surface area contributed by atoms with E-state index in [1.165, 1.54) is 11.1 Å². The normalized spacial score (nSPS) is 25.6. The van der Waals surface area contributed by atoms with Crippen molar-refractivity contribution in [2.45, 2.75) is 31.6 Å². The highest BCUT2D eigenvalue weighted by molar-refractivity contribution is 5.83. The minimum Gasteiger partial charge on any atom is -0.396 e. The van der Waals surface area contributed by atoms with Crippen LogP contribution in [0.15, 0.2) is 65.7 Å². The largest absolute Gasteiger partial charge is 0.396 e. The fourth-order valence-corrected chi connectivity index (χ4v) is 6.36. The van der Waals surface area contributed by atoms with E-state index in [0.29, 0.717) is 25.2 Å². The molecule has 3 aromatic rings. The van der Waals surface area contributed by atoms with E-state index in [1.54, 1.807) is 12.4 Å². The summed E-state index contributed by atoms with van der Waals surface area (Å²) < 4.78 is 1.83. The predicted octanol–water partition coefficient (Wildman–Crippen LogP) is 2.09. The molecule has 2 aromatic heterocycles.